The summed E-state index contributed by atoms with van der Waals surface area (Å²) >= 11 is 0. The summed E-state index contributed by atoms with van der Waals surface area (Å²) in [6, 6.07) is 7.04. The number of hydrogen-bond acceptors (Lipinski definition) is 5. The molecular formula is C15H17N3O4. The molecule has 7 nitrogen and oxygen atoms in total. The minimum atomic E-state index is -0.964. The lowest BCUT2D eigenvalue weighted by Crippen LogP contribution is -2.18. The van der Waals surface area contributed by atoms with Crippen LogP contribution in [0.3, 0.4) is 0 Å². The third-order valence-corrected chi connectivity index (χ3v) is 2.70. The number of rotatable bonds is 7. The van der Waals surface area contributed by atoms with Crippen molar-refractivity contribution < 1.29 is 19.4 Å². The van der Waals surface area contributed by atoms with Gasteiger partial charge in [-0.2, -0.15) is 5.26 Å². The summed E-state index contributed by atoms with van der Waals surface area (Å²) in [5.74, 6) is -1.09. The fourth-order valence-electron chi connectivity index (χ4n) is 1.61. The van der Waals surface area contributed by atoms with Crippen LogP contribution in [0.15, 0.2) is 30.0 Å². The van der Waals surface area contributed by atoms with Gasteiger partial charge in [-0.05, 0) is 24.6 Å². The number of carboxylic acid groups (broad SMARTS) is 1. The van der Waals surface area contributed by atoms with Crippen LogP contribution in [0, 0.1) is 18.3 Å². The number of carbonyl (C=O) groups excluding carboxylic acids is 1. The molecule has 7 heteroatoms. The number of anilines is 1. The van der Waals surface area contributed by atoms with Crippen molar-refractivity contribution >= 4 is 17.6 Å². The number of carbonyl (C=O) groups is 2. The summed E-state index contributed by atoms with van der Waals surface area (Å²) in [4.78, 5) is 22.4. The second-order valence-electron chi connectivity index (χ2n) is 4.43. The van der Waals surface area contributed by atoms with Crippen molar-refractivity contribution in [2.45, 2.75) is 13.3 Å². The number of carboxylic acids is 1. The van der Waals surface area contributed by atoms with Crippen molar-refractivity contribution in [3.8, 4) is 11.8 Å². The zero-order valence-corrected chi connectivity index (χ0v) is 12.3. The Morgan fingerprint density at radius 3 is 2.77 bits per heavy atom. The summed E-state index contributed by atoms with van der Waals surface area (Å²) in [5, 5.41) is 22.7. The first-order valence-electron chi connectivity index (χ1n) is 6.49. The van der Waals surface area contributed by atoms with Crippen LogP contribution in [0.5, 0.6) is 5.75 Å². The van der Waals surface area contributed by atoms with E-state index in [2.05, 4.69) is 10.6 Å². The minimum Gasteiger partial charge on any atom is -0.495 e. The maximum atomic E-state index is 12.0. The molecule has 0 aliphatic carbocycles. The Morgan fingerprint density at radius 1 is 1.45 bits per heavy atom. The molecule has 0 unspecified atom stereocenters. The van der Waals surface area contributed by atoms with E-state index < -0.39 is 11.9 Å². The summed E-state index contributed by atoms with van der Waals surface area (Å²) < 4.78 is 5.14. The van der Waals surface area contributed by atoms with Crippen LogP contribution in [0.1, 0.15) is 12.0 Å². The Hall–Kier alpha value is -3.01. The SMILES string of the molecule is COc1ccc(C)cc1NC(=O)/C(C#N)=C\NCCC(=O)O. The average molecular weight is 303 g/mol. The van der Waals surface area contributed by atoms with Crippen LogP contribution in [0.25, 0.3) is 0 Å². The molecule has 0 aromatic heterocycles. The molecule has 1 aromatic carbocycles. The number of nitriles is 1. The van der Waals surface area contributed by atoms with Gasteiger partial charge >= 0.3 is 5.97 Å². The van der Waals surface area contributed by atoms with E-state index in [4.69, 9.17) is 15.1 Å². The lowest BCUT2D eigenvalue weighted by atomic mass is 10.2. The quantitative estimate of drug-likeness (QED) is 0.399. The Labute approximate surface area is 128 Å². The smallest absolute Gasteiger partial charge is 0.305 e. The highest BCUT2D eigenvalue weighted by Gasteiger charge is 2.12. The van der Waals surface area contributed by atoms with Crippen molar-refractivity contribution in [2.24, 2.45) is 0 Å². The second kappa shape index (κ2) is 8.32. The number of hydrogen-bond donors (Lipinski definition) is 3. The van der Waals surface area contributed by atoms with Crippen molar-refractivity contribution in [3.05, 3.63) is 35.5 Å². The molecule has 0 fully saturated rings. The largest absolute Gasteiger partial charge is 0.495 e. The molecule has 0 bridgehead atoms. The number of nitrogens with zero attached hydrogens (tertiary/aromatic N) is 1. The van der Waals surface area contributed by atoms with E-state index in [0.717, 1.165) is 5.56 Å². The van der Waals surface area contributed by atoms with Gasteiger partial charge in [-0.3, -0.25) is 9.59 Å². The maximum Gasteiger partial charge on any atom is 0.305 e. The van der Waals surface area contributed by atoms with E-state index in [9.17, 15) is 9.59 Å². The van der Waals surface area contributed by atoms with Crippen LogP contribution < -0.4 is 15.4 Å². The number of amides is 1. The molecule has 116 valence electrons. The van der Waals surface area contributed by atoms with Gasteiger partial charge in [0.25, 0.3) is 5.91 Å². The number of nitrogens with one attached hydrogen (secondary N) is 2. The fourth-order valence-corrected chi connectivity index (χ4v) is 1.61. The van der Waals surface area contributed by atoms with Crippen LogP contribution in [0.4, 0.5) is 5.69 Å². The predicted octanol–water partition coefficient (Wildman–Crippen LogP) is 1.41. The molecule has 0 aliphatic rings. The summed E-state index contributed by atoms with van der Waals surface area (Å²) in [6.45, 7) is 1.99. The van der Waals surface area contributed by atoms with Gasteiger partial charge in [0.1, 0.15) is 17.4 Å². The van der Waals surface area contributed by atoms with Crippen LogP contribution in [-0.4, -0.2) is 30.6 Å². The summed E-state index contributed by atoms with van der Waals surface area (Å²) in [6.07, 6.45) is 1.09. The fraction of sp³-hybridized carbons (Fsp3) is 0.267. The second-order valence-corrected chi connectivity index (χ2v) is 4.43. The van der Waals surface area contributed by atoms with Crippen LogP contribution >= 0.6 is 0 Å². The highest BCUT2D eigenvalue weighted by Crippen LogP contribution is 2.25. The summed E-state index contributed by atoms with van der Waals surface area (Å²) in [5.41, 5.74) is 1.23. The highest BCUT2D eigenvalue weighted by molar-refractivity contribution is 6.07. The Morgan fingerprint density at radius 2 is 2.18 bits per heavy atom. The molecule has 0 atom stereocenters. The molecule has 1 rings (SSSR count). The molecule has 0 radical (unpaired) electrons. The number of aryl methyl sites for hydroxylation is 1. The lowest BCUT2D eigenvalue weighted by molar-refractivity contribution is -0.136. The van der Waals surface area contributed by atoms with Gasteiger partial charge in [0, 0.05) is 12.7 Å². The Kier molecular flexibility index (Phi) is 6.44. The molecule has 0 spiro atoms. The monoisotopic (exact) mass is 303 g/mol. The third kappa shape index (κ3) is 5.17. The van der Waals surface area contributed by atoms with Gasteiger partial charge in [-0.15, -0.1) is 0 Å². The van der Waals surface area contributed by atoms with Gasteiger partial charge < -0.3 is 20.5 Å². The third-order valence-electron chi connectivity index (χ3n) is 2.70. The number of methoxy groups -OCH3 is 1. The predicted molar refractivity (Wildman–Crippen MR) is 80.3 cm³/mol. The molecule has 0 aliphatic heterocycles. The number of benzene rings is 1. The zero-order valence-electron chi connectivity index (χ0n) is 12.3. The standard InChI is InChI=1S/C15H17N3O4/c1-10-3-4-13(22-2)12(7-10)18-15(21)11(8-16)9-17-6-5-14(19)20/h3-4,7,9,17H,5-6H2,1-2H3,(H,18,21)(H,19,20)/b11-9-. The van der Waals surface area contributed by atoms with E-state index in [1.165, 1.54) is 13.3 Å². The number of ether oxygens (including phenoxy) is 1. The first-order valence-corrected chi connectivity index (χ1v) is 6.49. The van der Waals surface area contributed by atoms with E-state index in [0.29, 0.717) is 11.4 Å². The van der Waals surface area contributed by atoms with E-state index >= 15 is 0 Å². The first kappa shape index (κ1) is 17.0. The van der Waals surface area contributed by atoms with Crippen molar-refractivity contribution in [3.63, 3.8) is 0 Å². The average Bonchev–Trinajstić information content (AvgIpc) is 2.47. The zero-order chi connectivity index (χ0) is 16.5. The van der Waals surface area contributed by atoms with Gasteiger partial charge in [-0.1, -0.05) is 6.07 Å². The highest BCUT2D eigenvalue weighted by atomic mass is 16.5. The molecule has 0 saturated carbocycles. The Bertz CT molecular complexity index is 632. The van der Waals surface area contributed by atoms with E-state index in [-0.39, 0.29) is 18.5 Å². The van der Waals surface area contributed by atoms with Gasteiger partial charge in [-0.25, -0.2) is 0 Å². The molecule has 1 amide bonds. The molecule has 22 heavy (non-hydrogen) atoms. The van der Waals surface area contributed by atoms with Gasteiger partial charge in [0.15, 0.2) is 0 Å². The maximum absolute atomic E-state index is 12.0. The molecule has 1 aromatic rings. The Balaban J connectivity index is 2.77. The molecular weight excluding hydrogens is 286 g/mol. The van der Waals surface area contributed by atoms with E-state index in [1.54, 1.807) is 18.2 Å². The molecule has 0 saturated heterocycles. The van der Waals surface area contributed by atoms with Crippen molar-refractivity contribution in [1.82, 2.24) is 5.32 Å². The van der Waals surface area contributed by atoms with Crippen LogP contribution in [-0.2, 0) is 9.59 Å². The van der Waals surface area contributed by atoms with Crippen molar-refractivity contribution in [1.29, 1.82) is 5.26 Å². The van der Waals surface area contributed by atoms with E-state index in [1.807, 2.05) is 13.0 Å². The number of aliphatic carboxylic acids is 1. The molecule has 0 heterocycles. The minimum absolute atomic E-state index is 0.109. The topological polar surface area (TPSA) is 111 Å². The normalized spacial score (nSPS) is 10.5. The van der Waals surface area contributed by atoms with Gasteiger partial charge in [0.05, 0.1) is 19.2 Å². The molecule has 3 N–H and O–H groups in total. The lowest BCUT2D eigenvalue weighted by Gasteiger charge is -2.10. The van der Waals surface area contributed by atoms with Gasteiger partial charge in [0.2, 0.25) is 0 Å². The van der Waals surface area contributed by atoms with Crippen LogP contribution in [0.2, 0.25) is 0 Å². The summed E-state index contributed by atoms with van der Waals surface area (Å²) in [7, 11) is 1.48. The first-order chi connectivity index (χ1) is 10.5. The van der Waals surface area contributed by atoms with Crippen molar-refractivity contribution in [2.75, 3.05) is 19.0 Å².